The van der Waals surface area contributed by atoms with Crippen molar-refractivity contribution in [3.63, 3.8) is 0 Å². The number of thiazole rings is 1. The van der Waals surface area contributed by atoms with Crippen LogP contribution in [0.3, 0.4) is 0 Å². The number of halogens is 1. The van der Waals surface area contributed by atoms with Crippen molar-refractivity contribution in [3.8, 4) is 33.5 Å². The van der Waals surface area contributed by atoms with Gasteiger partial charge in [-0.2, -0.15) is 5.26 Å². The third-order valence-corrected chi connectivity index (χ3v) is 8.35. The number of anilines is 1. The number of pyridine rings is 1. The fourth-order valence-corrected chi connectivity index (χ4v) is 5.94. The number of aromatic nitrogens is 2. The molecule has 0 radical (unpaired) electrons. The predicted molar refractivity (Wildman–Crippen MR) is 170 cm³/mol. The summed E-state index contributed by atoms with van der Waals surface area (Å²) in [7, 11) is 0. The van der Waals surface area contributed by atoms with Gasteiger partial charge in [0.05, 0.1) is 17.8 Å². The van der Waals surface area contributed by atoms with Gasteiger partial charge in [-0.25, -0.2) is 14.8 Å². The lowest BCUT2D eigenvalue weighted by Crippen LogP contribution is -2.33. The molecule has 0 amide bonds. The summed E-state index contributed by atoms with van der Waals surface area (Å²) in [5, 5.41) is 14.0. The number of hydrogen-bond acceptors (Lipinski definition) is 11. The van der Waals surface area contributed by atoms with Gasteiger partial charge in [0.1, 0.15) is 46.9 Å². The van der Waals surface area contributed by atoms with Gasteiger partial charge < -0.3 is 26.7 Å². The summed E-state index contributed by atoms with van der Waals surface area (Å²) in [6.07, 6.45) is 1.10. The number of thioether (sulfide) groups is 1. The predicted octanol–water partition coefficient (Wildman–Crippen LogP) is 5.81. The number of nitrogen functional groups attached to an aromatic ring is 1. The van der Waals surface area contributed by atoms with Crippen LogP contribution in [0.2, 0.25) is 5.02 Å². The highest BCUT2D eigenvalue weighted by atomic mass is 35.5. The summed E-state index contributed by atoms with van der Waals surface area (Å²) < 4.78 is 10.8. The Morgan fingerprint density at radius 1 is 1.14 bits per heavy atom. The third kappa shape index (κ3) is 8.23. The van der Waals surface area contributed by atoms with E-state index in [1.165, 1.54) is 23.1 Å². The van der Waals surface area contributed by atoms with Crippen LogP contribution in [0.5, 0.6) is 5.75 Å². The molecular formula is C30H28ClN7O3S2. The average Bonchev–Trinajstić information content (AvgIpc) is 3.50. The number of ether oxygens (including phenoxy) is 2. The van der Waals surface area contributed by atoms with Crippen LogP contribution in [0.15, 0.2) is 58.9 Å². The largest absolute Gasteiger partial charge is 0.490 e. The smallest absolute Gasteiger partial charge is 0.323 e. The maximum absolute atomic E-state index is 11.9. The normalized spacial score (nSPS) is 11.4. The first-order valence-electron chi connectivity index (χ1n) is 13.1. The first-order chi connectivity index (χ1) is 20.8. The number of hydrogen-bond donors (Lipinski definition) is 3. The lowest BCUT2D eigenvalue weighted by Gasteiger charge is -2.14. The molecule has 0 aliphatic carbocycles. The molecule has 10 nitrogen and oxygen atoms in total. The molecule has 0 bridgehead atoms. The fourth-order valence-electron chi connectivity index (χ4n) is 4.00. The number of benzene rings is 2. The molecule has 4 rings (SSSR count). The van der Waals surface area contributed by atoms with Gasteiger partial charge >= 0.3 is 5.97 Å². The molecule has 43 heavy (non-hydrogen) atoms. The minimum atomic E-state index is -0.710. The lowest BCUT2D eigenvalue weighted by atomic mass is 10.00. The highest BCUT2D eigenvalue weighted by Gasteiger charge is 2.21. The Morgan fingerprint density at radius 2 is 1.86 bits per heavy atom. The summed E-state index contributed by atoms with van der Waals surface area (Å²) in [5.74, 6) is 0.520. The summed E-state index contributed by atoms with van der Waals surface area (Å²) in [4.78, 5) is 24.6. The van der Waals surface area contributed by atoms with Crippen LogP contribution in [0.25, 0.3) is 26.5 Å². The van der Waals surface area contributed by atoms with Gasteiger partial charge in [-0.1, -0.05) is 47.6 Å². The minimum Gasteiger partial charge on any atom is -0.490 e. The number of rotatable bonds is 13. The van der Waals surface area contributed by atoms with E-state index >= 15 is 0 Å². The molecule has 4 aromatic rings. The third-order valence-electron chi connectivity index (χ3n) is 6.15. The Morgan fingerprint density at radius 3 is 2.53 bits per heavy atom. The Kier molecular flexibility index (Phi) is 11.3. The zero-order chi connectivity index (χ0) is 30.8. The maximum Gasteiger partial charge on any atom is 0.323 e. The van der Waals surface area contributed by atoms with Gasteiger partial charge in [-0.05, 0) is 49.2 Å². The van der Waals surface area contributed by atoms with E-state index in [1.54, 1.807) is 24.3 Å². The molecule has 0 aliphatic rings. The van der Waals surface area contributed by atoms with Gasteiger partial charge in [-0.3, -0.25) is 4.79 Å². The second-order valence-electron chi connectivity index (χ2n) is 9.14. The SMILES string of the molecule is [C-]#[N+]c1c(N)nc(SCc2csc(-c3ccc(Cl)cc3)n2)c(C#N)c1-c1ccc(OCCOC(=O)[C@@H](N)CCCN)cc1. The summed E-state index contributed by atoms with van der Waals surface area (Å²) in [5.41, 5.74) is 20.6. The van der Waals surface area contributed by atoms with Crippen molar-refractivity contribution in [2.24, 2.45) is 11.5 Å². The van der Waals surface area contributed by atoms with E-state index in [0.29, 0.717) is 52.1 Å². The Bertz CT molecular complexity index is 1650. The number of nitrogens with zero attached hydrogens (tertiary/aromatic N) is 4. The van der Waals surface area contributed by atoms with Gasteiger partial charge in [0.15, 0.2) is 0 Å². The first kappa shape index (κ1) is 31.8. The zero-order valence-corrected chi connectivity index (χ0v) is 25.3. The molecule has 2 aromatic carbocycles. The second-order valence-corrected chi connectivity index (χ2v) is 11.4. The van der Waals surface area contributed by atoms with Crippen LogP contribution in [-0.4, -0.2) is 41.7 Å². The summed E-state index contributed by atoms with van der Waals surface area (Å²) in [6, 6.07) is 15.9. The van der Waals surface area contributed by atoms with Crippen LogP contribution >= 0.6 is 34.7 Å². The van der Waals surface area contributed by atoms with Crippen LogP contribution < -0.4 is 21.9 Å². The Labute approximate surface area is 262 Å². The number of nitrogens with two attached hydrogens (primary N) is 3. The maximum atomic E-state index is 11.9. The Hall–Kier alpha value is -4.17. The van der Waals surface area contributed by atoms with Crippen molar-refractivity contribution in [1.82, 2.24) is 9.97 Å². The van der Waals surface area contributed by atoms with E-state index < -0.39 is 12.0 Å². The molecule has 0 unspecified atom stereocenters. The summed E-state index contributed by atoms with van der Waals surface area (Å²) >= 11 is 8.84. The average molecular weight is 634 g/mol. The van der Waals surface area contributed by atoms with E-state index in [4.69, 9.17) is 49.8 Å². The van der Waals surface area contributed by atoms with E-state index in [9.17, 15) is 10.1 Å². The Balaban J connectivity index is 1.45. The number of carbonyl (C=O) groups is 1. The molecule has 2 heterocycles. The number of esters is 1. The minimum absolute atomic E-state index is 0.0402. The van der Waals surface area contributed by atoms with Crippen LogP contribution in [0, 0.1) is 17.9 Å². The fraction of sp³-hybridized carbons (Fsp3) is 0.233. The van der Waals surface area contributed by atoms with Crippen molar-refractivity contribution in [3.05, 3.63) is 81.6 Å². The molecule has 220 valence electrons. The van der Waals surface area contributed by atoms with E-state index in [-0.39, 0.29) is 30.3 Å². The van der Waals surface area contributed by atoms with Gasteiger partial charge in [0.2, 0.25) is 5.69 Å². The van der Waals surface area contributed by atoms with E-state index in [1.807, 2.05) is 29.6 Å². The standard InChI is InChI=1S/C30H28ClN7O3S2/c1-36-26-25(18-6-10-22(11-7-18)40-13-14-41-30(39)24(34)3-2-12-32)23(15-33)29(38-27(26)35)43-17-21-16-42-28(37-21)19-4-8-20(31)9-5-19/h4-11,16,24H,2-3,12-14,17,32,34H2,(H2,35,38)/t24-/m0/s1. The highest BCUT2D eigenvalue weighted by Crippen LogP contribution is 2.42. The van der Waals surface area contributed by atoms with E-state index in [2.05, 4.69) is 15.9 Å². The molecule has 0 aliphatic heterocycles. The van der Waals surface area contributed by atoms with Crippen LogP contribution in [0.1, 0.15) is 24.1 Å². The first-order valence-corrected chi connectivity index (χ1v) is 15.4. The topological polar surface area (TPSA) is 168 Å². The molecule has 0 saturated carbocycles. The molecule has 1 atom stereocenters. The molecule has 0 fully saturated rings. The zero-order valence-electron chi connectivity index (χ0n) is 23.0. The van der Waals surface area contributed by atoms with Crippen molar-refractivity contribution >= 4 is 52.2 Å². The molecule has 0 saturated heterocycles. The molecule has 6 N–H and O–H groups in total. The van der Waals surface area contributed by atoms with Crippen molar-refractivity contribution < 1.29 is 14.3 Å². The van der Waals surface area contributed by atoms with Crippen molar-refractivity contribution in [1.29, 1.82) is 5.26 Å². The van der Waals surface area contributed by atoms with Gasteiger partial charge in [0, 0.05) is 27.3 Å². The number of carbonyl (C=O) groups excluding carboxylic acids is 1. The molecule has 0 spiro atoms. The van der Waals surface area contributed by atoms with Crippen LogP contribution in [-0.2, 0) is 15.3 Å². The molecule has 2 aromatic heterocycles. The quantitative estimate of drug-likeness (QED) is 0.0707. The number of nitriles is 1. The van der Waals surface area contributed by atoms with Gasteiger partial charge in [-0.15, -0.1) is 11.3 Å². The molecule has 13 heteroatoms. The van der Waals surface area contributed by atoms with Crippen molar-refractivity contribution in [2.45, 2.75) is 29.7 Å². The monoisotopic (exact) mass is 633 g/mol. The lowest BCUT2D eigenvalue weighted by molar-refractivity contribution is -0.146. The second kappa shape index (κ2) is 15.3. The van der Waals surface area contributed by atoms with E-state index in [0.717, 1.165) is 16.3 Å². The van der Waals surface area contributed by atoms with Gasteiger partial charge in [0.25, 0.3) is 0 Å². The summed E-state index contributed by atoms with van der Waals surface area (Å²) in [6.45, 7) is 8.33. The molecular weight excluding hydrogens is 606 g/mol. The highest BCUT2D eigenvalue weighted by molar-refractivity contribution is 7.98. The van der Waals surface area contributed by atoms with Crippen molar-refractivity contribution in [2.75, 3.05) is 25.5 Å². The van der Waals surface area contributed by atoms with Crippen LogP contribution in [0.4, 0.5) is 11.5 Å².